The van der Waals surface area contributed by atoms with E-state index < -0.39 is 35.0 Å². The van der Waals surface area contributed by atoms with Crippen LogP contribution in [-0.4, -0.2) is 33.7 Å². The minimum absolute atomic E-state index is 0.00183. The Morgan fingerprint density at radius 1 is 1.17 bits per heavy atom. The highest BCUT2D eigenvalue weighted by atomic mass is 79.9. The number of benzene rings is 1. The molecule has 2 heterocycles. The van der Waals surface area contributed by atoms with Gasteiger partial charge in [-0.25, -0.2) is 9.29 Å². The molecular formula is C22H21BrFN3O3. The van der Waals surface area contributed by atoms with Gasteiger partial charge in [0.2, 0.25) is 5.91 Å². The van der Waals surface area contributed by atoms with Gasteiger partial charge in [0.1, 0.15) is 23.5 Å². The average molecular weight is 474 g/mol. The maximum atomic E-state index is 13.8. The van der Waals surface area contributed by atoms with E-state index in [1.54, 1.807) is 0 Å². The van der Waals surface area contributed by atoms with Gasteiger partial charge >= 0.3 is 0 Å². The molecule has 156 valence electrons. The Bertz CT molecular complexity index is 1030. The number of Topliss-reactive ketones (excluding diaryl/α,β-unsaturated/α-hetero) is 1. The highest BCUT2D eigenvalue weighted by molar-refractivity contribution is 9.10. The van der Waals surface area contributed by atoms with E-state index in [0.29, 0.717) is 11.8 Å². The van der Waals surface area contributed by atoms with Crippen molar-refractivity contribution >= 4 is 44.9 Å². The number of imide groups is 1. The molecule has 0 unspecified atom stereocenters. The summed E-state index contributed by atoms with van der Waals surface area (Å²) < 4.78 is 13.7. The number of fused-ring (bicyclic) bond motifs is 1. The number of amides is 2. The molecule has 4 aliphatic carbocycles. The second kappa shape index (κ2) is 5.99. The first-order chi connectivity index (χ1) is 14.3. The zero-order valence-electron chi connectivity index (χ0n) is 16.2. The molecule has 4 atom stereocenters. The number of rotatable bonds is 3. The second-order valence-corrected chi connectivity index (χ2v) is 11.5. The second-order valence-electron chi connectivity index (χ2n) is 9.79. The third-order valence-electron chi connectivity index (χ3n) is 7.70. The van der Waals surface area contributed by atoms with Crippen molar-refractivity contribution in [3.8, 4) is 0 Å². The molecule has 6 aliphatic rings. The molecule has 1 N–H and O–H groups in total. The predicted octanol–water partition coefficient (Wildman–Crippen LogP) is 2.95. The van der Waals surface area contributed by atoms with E-state index in [9.17, 15) is 18.8 Å². The Morgan fingerprint density at radius 2 is 1.90 bits per heavy atom. The van der Waals surface area contributed by atoms with Crippen LogP contribution < -0.4 is 10.3 Å². The Morgan fingerprint density at radius 3 is 2.57 bits per heavy atom. The summed E-state index contributed by atoms with van der Waals surface area (Å²) in [4.78, 5) is 40.9. The van der Waals surface area contributed by atoms with Crippen LogP contribution in [0.3, 0.4) is 0 Å². The van der Waals surface area contributed by atoms with Crippen LogP contribution in [0.25, 0.3) is 0 Å². The van der Waals surface area contributed by atoms with Gasteiger partial charge in [-0.05, 0) is 68.6 Å². The van der Waals surface area contributed by atoms with Crippen LogP contribution in [0.15, 0.2) is 29.4 Å². The van der Waals surface area contributed by atoms with Crippen LogP contribution in [0.5, 0.6) is 0 Å². The number of hydrogen-bond donors (Lipinski definition) is 1. The van der Waals surface area contributed by atoms with Crippen molar-refractivity contribution in [2.75, 3.05) is 4.90 Å². The zero-order chi connectivity index (χ0) is 20.8. The number of nitrogens with one attached hydrogen (secondary N) is 1. The van der Waals surface area contributed by atoms with Crippen molar-refractivity contribution in [1.29, 1.82) is 0 Å². The largest absolute Gasteiger partial charge is 0.296 e. The number of carbonyl (C=O) groups excluding carboxylic acids is 3. The van der Waals surface area contributed by atoms with Crippen LogP contribution in [-0.2, 0) is 14.4 Å². The normalized spacial score (nSPS) is 41.1. The summed E-state index contributed by atoms with van der Waals surface area (Å²) in [6.45, 7) is 0. The summed E-state index contributed by atoms with van der Waals surface area (Å²) in [7, 11) is 0. The smallest absolute Gasteiger partial charge is 0.259 e. The van der Waals surface area contributed by atoms with Gasteiger partial charge in [0.05, 0.1) is 5.69 Å². The van der Waals surface area contributed by atoms with E-state index in [1.807, 2.05) is 0 Å². The SMILES string of the molecule is O=C1[C@@H]2C(C(=O)C34C[C@H]5C[C@@H](CC(Br)(C5)C3)C4)=NN[C@@H]2C(=O)N1c1cccc(F)c1. The topological polar surface area (TPSA) is 78.8 Å². The number of alkyl halides is 1. The summed E-state index contributed by atoms with van der Waals surface area (Å²) in [6.07, 6.45) is 5.80. The number of nitrogens with zero attached hydrogens (tertiary/aromatic N) is 2. The molecule has 6 nitrogen and oxygen atoms in total. The lowest BCUT2D eigenvalue weighted by Gasteiger charge is -2.59. The number of hydrazone groups is 1. The van der Waals surface area contributed by atoms with E-state index in [-0.39, 0.29) is 21.5 Å². The Balaban J connectivity index is 1.33. The van der Waals surface area contributed by atoms with Crippen molar-refractivity contribution < 1.29 is 18.8 Å². The van der Waals surface area contributed by atoms with Crippen molar-refractivity contribution in [2.45, 2.75) is 48.9 Å². The molecule has 1 aromatic rings. The van der Waals surface area contributed by atoms with E-state index in [4.69, 9.17) is 0 Å². The molecule has 2 aliphatic heterocycles. The molecule has 2 amide bonds. The molecule has 7 rings (SSSR count). The summed E-state index contributed by atoms with van der Waals surface area (Å²) in [5, 5.41) is 4.21. The van der Waals surface area contributed by atoms with Crippen molar-refractivity contribution in [3.63, 3.8) is 0 Å². The predicted molar refractivity (Wildman–Crippen MR) is 111 cm³/mol. The van der Waals surface area contributed by atoms with Crippen LogP contribution >= 0.6 is 15.9 Å². The minimum Gasteiger partial charge on any atom is -0.296 e. The quantitative estimate of drug-likeness (QED) is 0.540. The van der Waals surface area contributed by atoms with Gasteiger partial charge in [-0.15, -0.1) is 0 Å². The van der Waals surface area contributed by atoms with Gasteiger partial charge in [0.15, 0.2) is 5.78 Å². The van der Waals surface area contributed by atoms with Crippen molar-refractivity contribution in [2.24, 2.45) is 28.3 Å². The molecule has 4 bridgehead atoms. The van der Waals surface area contributed by atoms with Gasteiger partial charge in [0, 0.05) is 9.74 Å². The van der Waals surface area contributed by atoms with Crippen LogP contribution in [0.2, 0.25) is 0 Å². The molecule has 5 fully saturated rings. The zero-order valence-corrected chi connectivity index (χ0v) is 17.8. The number of anilines is 1. The number of halogens is 2. The number of hydrogen-bond acceptors (Lipinski definition) is 5. The molecule has 1 aromatic carbocycles. The lowest BCUT2D eigenvalue weighted by Crippen LogP contribution is -2.57. The fourth-order valence-corrected chi connectivity index (χ4v) is 8.49. The highest BCUT2D eigenvalue weighted by Crippen LogP contribution is 2.65. The summed E-state index contributed by atoms with van der Waals surface area (Å²) in [5.74, 6) is -1.51. The fourth-order valence-electron chi connectivity index (χ4n) is 7.03. The lowest BCUT2D eigenvalue weighted by atomic mass is 9.48. The van der Waals surface area contributed by atoms with Gasteiger partial charge in [-0.2, -0.15) is 5.10 Å². The highest BCUT2D eigenvalue weighted by Gasteiger charge is 2.63. The van der Waals surface area contributed by atoms with E-state index in [1.165, 1.54) is 24.6 Å². The number of carbonyl (C=O) groups is 3. The third kappa shape index (κ3) is 2.46. The first-order valence-electron chi connectivity index (χ1n) is 10.5. The lowest BCUT2D eigenvalue weighted by molar-refractivity contribution is -0.135. The standard InChI is InChI=1S/C22H21BrFN3O3/c23-22-8-11-4-12(9-22)7-21(6-11,10-22)18(28)16-15-17(26-25-16)20(30)27(19(15)29)14-3-1-2-13(24)5-14/h1-3,5,11-12,15,17,26H,4,6-10H2/t11-,12-,15-,17+,21?,22?/m1/s1. The summed E-state index contributed by atoms with van der Waals surface area (Å²) in [6, 6.07) is 4.49. The maximum Gasteiger partial charge on any atom is 0.259 e. The average Bonchev–Trinajstić information content (AvgIpc) is 3.19. The molecule has 30 heavy (non-hydrogen) atoms. The summed E-state index contributed by atoms with van der Waals surface area (Å²) >= 11 is 3.92. The Kier molecular flexibility index (Phi) is 3.73. The van der Waals surface area contributed by atoms with Crippen molar-refractivity contribution in [1.82, 2.24) is 5.43 Å². The van der Waals surface area contributed by atoms with Crippen molar-refractivity contribution in [3.05, 3.63) is 30.1 Å². The maximum absolute atomic E-state index is 13.8. The molecule has 0 aromatic heterocycles. The molecule has 1 saturated heterocycles. The van der Waals surface area contributed by atoms with Crippen LogP contribution in [0.1, 0.15) is 38.5 Å². The molecule has 0 spiro atoms. The summed E-state index contributed by atoms with van der Waals surface area (Å²) in [5.41, 5.74) is 2.59. The van der Waals surface area contributed by atoms with Gasteiger partial charge in [0.25, 0.3) is 5.91 Å². The van der Waals surface area contributed by atoms with Gasteiger partial charge < -0.3 is 0 Å². The Hall–Kier alpha value is -2.09. The third-order valence-corrected chi connectivity index (χ3v) is 8.62. The minimum atomic E-state index is -0.937. The van der Waals surface area contributed by atoms with E-state index >= 15 is 0 Å². The van der Waals surface area contributed by atoms with E-state index in [2.05, 4.69) is 26.5 Å². The molecule has 0 radical (unpaired) electrons. The first kappa shape index (κ1) is 18.7. The Labute approximate surface area is 181 Å². The monoisotopic (exact) mass is 473 g/mol. The first-order valence-corrected chi connectivity index (χ1v) is 11.3. The fraction of sp³-hybridized carbons (Fsp3) is 0.545. The van der Waals surface area contributed by atoms with Crippen LogP contribution in [0, 0.1) is 29.0 Å². The molecule has 8 heteroatoms. The molecule has 4 saturated carbocycles. The van der Waals surface area contributed by atoms with E-state index in [0.717, 1.165) is 43.1 Å². The molecular weight excluding hydrogens is 453 g/mol. The van der Waals surface area contributed by atoms with Crippen LogP contribution in [0.4, 0.5) is 10.1 Å². The van der Waals surface area contributed by atoms with Gasteiger partial charge in [-0.3, -0.25) is 19.8 Å². The van der Waals surface area contributed by atoms with Gasteiger partial charge in [-0.1, -0.05) is 22.0 Å². The number of ketones is 1.